The zero-order valence-electron chi connectivity index (χ0n) is 11.1. The molecule has 0 saturated carbocycles. The Bertz CT molecular complexity index is 769. The maximum absolute atomic E-state index is 11.5. The summed E-state index contributed by atoms with van der Waals surface area (Å²) in [4.78, 5) is 0. The zero-order chi connectivity index (χ0) is 15.1. The number of nitrogens with one attached hydrogen (secondary N) is 1. The molecule has 5 nitrogen and oxygen atoms in total. The number of aromatic nitrogens is 2. The standard InChI is InChI=1S/C12H13Cl2N3O2S/c1-7-8(2)15-17(12(7)16-20(3,18)19)9-4-5-10(13)11(14)6-9/h4-6,16H,1-3H3. The number of halogens is 2. The van der Waals surface area contributed by atoms with Crippen LogP contribution in [0.15, 0.2) is 18.2 Å². The lowest BCUT2D eigenvalue weighted by atomic mass is 10.3. The molecule has 20 heavy (non-hydrogen) atoms. The first-order valence-corrected chi connectivity index (χ1v) is 8.33. The van der Waals surface area contributed by atoms with Gasteiger partial charge in [0.05, 0.1) is 27.7 Å². The third-order valence-corrected chi connectivity index (χ3v) is 4.09. The summed E-state index contributed by atoms with van der Waals surface area (Å²) in [6, 6.07) is 4.98. The minimum Gasteiger partial charge on any atom is -0.267 e. The van der Waals surface area contributed by atoms with Gasteiger partial charge < -0.3 is 0 Å². The van der Waals surface area contributed by atoms with E-state index < -0.39 is 10.0 Å². The van der Waals surface area contributed by atoms with E-state index >= 15 is 0 Å². The van der Waals surface area contributed by atoms with Gasteiger partial charge in [-0.25, -0.2) is 13.1 Å². The number of anilines is 1. The van der Waals surface area contributed by atoms with E-state index in [1.165, 1.54) is 4.68 Å². The first kappa shape index (κ1) is 15.2. The summed E-state index contributed by atoms with van der Waals surface area (Å²) < 4.78 is 26.9. The Morgan fingerprint density at radius 1 is 1.20 bits per heavy atom. The summed E-state index contributed by atoms with van der Waals surface area (Å²) in [5.74, 6) is 0.392. The molecule has 1 aromatic heterocycles. The molecule has 0 bridgehead atoms. The first-order valence-electron chi connectivity index (χ1n) is 5.68. The molecule has 1 N–H and O–H groups in total. The minimum absolute atomic E-state index is 0.375. The molecule has 1 aromatic carbocycles. The van der Waals surface area contributed by atoms with Crippen molar-refractivity contribution in [2.45, 2.75) is 13.8 Å². The molecule has 0 atom stereocenters. The monoisotopic (exact) mass is 333 g/mol. The molecule has 0 radical (unpaired) electrons. The number of nitrogens with zero attached hydrogens (tertiary/aromatic N) is 2. The van der Waals surface area contributed by atoms with E-state index in [1.807, 2.05) is 0 Å². The molecule has 2 aromatic rings. The van der Waals surface area contributed by atoms with Crippen LogP contribution in [0, 0.1) is 13.8 Å². The van der Waals surface area contributed by atoms with Crippen LogP contribution in [0.2, 0.25) is 10.0 Å². The summed E-state index contributed by atoms with van der Waals surface area (Å²) in [7, 11) is -3.41. The van der Waals surface area contributed by atoms with E-state index in [4.69, 9.17) is 23.2 Å². The Morgan fingerprint density at radius 2 is 1.85 bits per heavy atom. The Labute approximate surface area is 127 Å². The summed E-state index contributed by atoms with van der Waals surface area (Å²) in [6.07, 6.45) is 1.09. The highest BCUT2D eigenvalue weighted by Crippen LogP contribution is 2.28. The van der Waals surface area contributed by atoms with Crippen LogP contribution >= 0.6 is 23.2 Å². The molecule has 0 amide bonds. The second-order valence-corrected chi connectivity index (χ2v) is 7.01. The van der Waals surface area contributed by atoms with Crippen LogP contribution in [0.3, 0.4) is 0 Å². The van der Waals surface area contributed by atoms with E-state index in [2.05, 4.69) is 9.82 Å². The van der Waals surface area contributed by atoms with Crippen LogP contribution in [-0.4, -0.2) is 24.5 Å². The van der Waals surface area contributed by atoms with Crippen LogP contribution in [-0.2, 0) is 10.0 Å². The smallest absolute Gasteiger partial charge is 0.230 e. The van der Waals surface area contributed by atoms with Crippen molar-refractivity contribution in [2.24, 2.45) is 0 Å². The van der Waals surface area contributed by atoms with Gasteiger partial charge in [-0.05, 0) is 32.0 Å². The quantitative estimate of drug-likeness (QED) is 0.938. The van der Waals surface area contributed by atoms with Gasteiger partial charge in [0, 0.05) is 5.56 Å². The van der Waals surface area contributed by atoms with Crippen LogP contribution in [0.5, 0.6) is 0 Å². The number of benzene rings is 1. The van der Waals surface area contributed by atoms with Crippen LogP contribution in [0.25, 0.3) is 5.69 Å². The molecule has 0 aliphatic heterocycles. The van der Waals surface area contributed by atoms with Crippen molar-refractivity contribution in [3.63, 3.8) is 0 Å². The minimum atomic E-state index is -3.41. The summed E-state index contributed by atoms with van der Waals surface area (Å²) in [6.45, 7) is 3.60. The second-order valence-electron chi connectivity index (χ2n) is 4.44. The van der Waals surface area contributed by atoms with E-state index in [-0.39, 0.29) is 0 Å². The number of hydrogen-bond donors (Lipinski definition) is 1. The molecule has 0 fully saturated rings. The number of sulfonamides is 1. The van der Waals surface area contributed by atoms with Crippen molar-refractivity contribution in [3.05, 3.63) is 39.5 Å². The number of rotatable bonds is 3. The molecule has 0 aliphatic rings. The zero-order valence-corrected chi connectivity index (χ0v) is 13.4. The fourth-order valence-corrected chi connectivity index (χ4v) is 2.59. The molecule has 0 unspecified atom stereocenters. The Kier molecular flexibility index (Phi) is 4.00. The third kappa shape index (κ3) is 3.08. The van der Waals surface area contributed by atoms with Gasteiger partial charge in [-0.1, -0.05) is 23.2 Å². The third-order valence-electron chi connectivity index (χ3n) is 2.79. The average Bonchev–Trinajstić information content (AvgIpc) is 2.59. The second kappa shape index (κ2) is 5.27. The molecule has 1 heterocycles. The summed E-state index contributed by atoms with van der Waals surface area (Å²) in [5, 5.41) is 5.12. The van der Waals surface area contributed by atoms with Crippen LogP contribution < -0.4 is 4.72 Å². The van der Waals surface area contributed by atoms with Crippen molar-refractivity contribution in [2.75, 3.05) is 11.0 Å². The average molecular weight is 334 g/mol. The van der Waals surface area contributed by atoms with Crippen molar-refractivity contribution < 1.29 is 8.42 Å². The highest BCUT2D eigenvalue weighted by molar-refractivity contribution is 7.92. The molecular formula is C12H13Cl2N3O2S. The highest BCUT2D eigenvalue weighted by Gasteiger charge is 2.16. The molecule has 0 saturated heterocycles. The fraction of sp³-hybridized carbons (Fsp3) is 0.250. The van der Waals surface area contributed by atoms with E-state index in [1.54, 1.807) is 32.0 Å². The SMILES string of the molecule is Cc1nn(-c2ccc(Cl)c(Cl)c2)c(NS(C)(=O)=O)c1C. The van der Waals surface area contributed by atoms with Gasteiger partial charge in [0.15, 0.2) is 0 Å². The summed E-state index contributed by atoms with van der Waals surface area (Å²) in [5.41, 5.74) is 2.10. The van der Waals surface area contributed by atoms with Gasteiger partial charge in [-0.3, -0.25) is 4.72 Å². The number of hydrogen-bond acceptors (Lipinski definition) is 3. The topological polar surface area (TPSA) is 64.0 Å². The van der Waals surface area contributed by atoms with Crippen molar-refractivity contribution in [3.8, 4) is 5.69 Å². The lowest BCUT2D eigenvalue weighted by Crippen LogP contribution is -2.14. The fourth-order valence-electron chi connectivity index (χ4n) is 1.70. The first-order chi connectivity index (χ1) is 9.19. The van der Waals surface area contributed by atoms with Crippen molar-refractivity contribution >= 4 is 39.0 Å². The van der Waals surface area contributed by atoms with E-state index in [0.29, 0.717) is 21.6 Å². The van der Waals surface area contributed by atoms with E-state index in [0.717, 1.165) is 17.5 Å². The van der Waals surface area contributed by atoms with Crippen molar-refractivity contribution in [1.29, 1.82) is 0 Å². The van der Waals surface area contributed by atoms with E-state index in [9.17, 15) is 8.42 Å². The van der Waals surface area contributed by atoms with Gasteiger partial charge in [0.2, 0.25) is 10.0 Å². The lowest BCUT2D eigenvalue weighted by Gasteiger charge is -2.10. The molecule has 0 spiro atoms. The maximum Gasteiger partial charge on any atom is 0.230 e. The van der Waals surface area contributed by atoms with Crippen LogP contribution in [0.4, 0.5) is 5.82 Å². The van der Waals surface area contributed by atoms with Gasteiger partial charge in [0.1, 0.15) is 5.82 Å². The molecule has 108 valence electrons. The van der Waals surface area contributed by atoms with Gasteiger partial charge >= 0.3 is 0 Å². The van der Waals surface area contributed by atoms with Crippen LogP contribution in [0.1, 0.15) is 11.3 Å². The molecule has 0 aliphatic carbocycles. The highest BCUT2D eigenvalue weighted by atomic mass is 35.5. The normalized spacial score (nSPS) is 11.7. The molecule has 2 rings (SSSR count). The molecular weight excluding hydrogens is 321 g/mol. The predicted molar refractivity (Wildman–Crippen MR) is 81.5 cm³/mol. The Balaban J connectivity index is 2.61. The summed E-state index contributed by atoms with van der Waals surface area (Å²) >= 11 is 11.9. The number of aryl methyl sites for hydroxylation is 1. The maximum atomic E-state index is 11.5. The van der Waals surface area contributed by atoms with Gasteiger partial charge in [0.25, 0.3) is 0 Å². The largest absolute Gasteiger partial charge is 0.267 e. The predicted octanol–water partition coefficient (Wildman–Crippen LogP) is 3.17. The molecule has 8 heteroatoms. The van der Waals surface area contributed by atoms with Gasteiger partial charge in [-0.2, -0.15) is 5.10 Å². The van der Waals surface area contributed by atoms with Crippen molar-refractivity contribution in [1.82, 2.24) is 9.78 Å². The lowest BCUT2D eigenvalue weighted by molar-refractivity contribution is 0.606. The Hall–Kier alpha value is -1.24. The van der Waals surface area contributed by atoms with Gasteiger partial charge in [-0.15, -0.1) is 0 Å². The Morgan fingerprint density at radius 3 is 2.40 bits per heavy atom.